The van der Waals surface area contributed by atoms with E-state index in [4.69, 9.17) is 4.42 Å². The van der Waals surface area contributed by atoms with Crippen LogP contribution in [0.25, 0.3) is 0 Å². The first-order valence-electron chi connectivity index (χ1n) is 5.23. The summed E-state index contributed by atoms with van der Waals surface area (Å²) in [6.07, 6.45) is 2.60. The van der Waals surface area contributed by atoms with Gasteiger partial charge in [-0.05, 0) is 43.7 Å². The highest BCUT2D eigenvalue weighted by molar-refractivity contribution is 5.12. The Morgan fingerprint density at radius 3 is 2.23 bits per heavy atom. The summed E-state index contributed by atoms with van der Waals surface area (Å²) in [6.45, 7) is 6.71. The second kappa shape index (κ2) is 3.21. The Labute approximate surface area is 80.1 Å². The summed E-state index contributed by atoms with van der Waals surface area (Å²) >= 11 is 0. The van der Waals surface area contributed by atoms with Gasteiger partial charge < -0.3 is 4.42 Å². The van der Waals surface area contributed by atoms with Crippen molar-refractivity contribution in [2.45, 2.75) is 39.5 Å². The van der Waals surface area contributed by atoms with Crippen molar-refractivity contribution in [3.05, 3.63) is 23.7 Å². The fraction of sp³-hybridized carbons (Fsp3) is 0.667. The normalized spacial score (nSPS) is 33.9. The molecular formula is C12H18O. The molecule has 1 heterocycles. The summed E-state index contributed by atoms with van der Waals surface area (Å²) in [6, 6.07) is 4.22. The maximum Gasteiger partial charge on any atom is 0.107 e. The van der Waals surface area contributed by atoms with Crippen molar-refractivity contribution in [2.75, 3.05) is 0 Å². The second-order valence-corrected chi connectivity index (χ2v) is 4.57. The van der Waals surface area contributed by atoms with Gasteiger partial charge in [-0.2, -0.15) is 0 Å². The first-order valence-corrected chi connectivity index (χ1v) is 5.23. The van der Waals surface area contributed by atoms with Crippen LogP contribution < -0.4 is 0 Å². The molecule has 0 amide bonds. The number of hydrogen-bond donors (Lipinski definition) is 0. The molecule has 1 aliphatic carbocycles. The van der Waals surface area contributed by atoms with Crippen LogP contribution in [0.1, 0.15) is 44.1 Å². The molecule has 1 unspecified atom stereocenters. The Hall–Kier alpha value is -0.720. The van der Waals surface area contributed by atoms with Crippen LogP contribution in [0.5, 0.6) is 0 Å². The van der Waals surface area contributed by atoms with Gasteiger partial charge in [0.25, 0.3) is 0 Å². The molecule has 2 rings (SSSR count). The fourth-order valence-electron chi connectivity index (χ4n) is 2.36. The largest absolute Gasteiger partial charge is 0.466 e. The SMILES string of the molecule is Cc1ccc(C2C[C@@H](C)[C@@H](C)C2)o1. The Morgan fingerprint density at radius 1 is 1.15 bits per heavy atom. The molecule has 0 bridgehead atoms. The molecule has 0 radical (unpaired) electrons. The van der Waals surface area contributed by atoms with E-state index >= 15 is 0 Å². The van der Waals surface area contributed by atoms with E-state index in [1.54, 1.807) is 0 Å². The maximum absolute atomic E-state index is 5.66. The van der Waals surface area contributed by atoms with Crippen molar-refractivity contribution in [3.63, 3.8) is 0 Å². The number of hydrogen-bond acceptors (Lipinski definition) is 1. The molecule has 1 aromatic heterocycles. The van der Waals surface area contributed by atoms with Crippen LogP contribution in [0.15, 0.2) is 16.5 Å². The highest BCUT2D eigenvalue weighted by Gasteiger charge is 2.30. The van der Waals surface area contributed by atoms with Crippen molar-refractivity contribution in [2.24, 2.45) is 11.8 Å². The van der Waals surface area contributed by atoms with E-state index in [1.807, 2.05) is 6.92 Å². The first-order chi connectivity index (χ1) is 6.16. The summed E-state index contributed by atoms with van der Waals surface area (Å²) in [4.78, 5) is 0. The van der Waals surface area contributed by atoms with Gasteiger partial charge >= 0.3 is 0 Å². The molecule has 1 aromatic rings. The van der Waals surface area contributed by atoms with Crippen molar-refractivity contribution in [1.29, 1.82) is 0 Å². The van der Waals surface area contributed by atoms with Crippen LogP contribution in [0.2, 0.25) is 0 Å². The van der Waals surface area contributed by atoms with Gasteiger partial charge in [0.1, 0.15) is 11.5 Å². The van der Waals surface area contributed by atoms with Crippen LogP contribution >= 0.6 is 0 Å². The van der Waals surface area contributed by atoms with Crippen LogP contribution in [-0.2, 0) is 0 Å². The molecule has 1 nitrogen and oxygen atoms in total. The molecule has 1 fully saturated rings. The molecule has 13 heavy (non-hydrogen) atoms. The number of furan rings is 1. The van der Waals surface area contributed by atoms with Crippen LogP contribution in [0.4, 0.5) is 0 Å². The van der Waals surface area contributed by atoms with Crippen molar-refractivity contribution in [1.82, 2.24) is 0 Å². The molecule has 3 atom stereocenters. The third-order valence-corrected chi connectivity index (χ3v) is 3.45. The molecule has 1 aliphatic rings. The molecule has 0 saturated heterocycles. The lowest BCUT2D eigenvalue weighted by Gasteiger charge is -2.04. The molecule has 1 heteroatoms. The molecule has 1 saturated carbocycles. The summed E-state index contributed by atoms with van der Waals surface area (Å²) in [5.74, 6) is 4.64. The predicted molar refractivity (Wildman–Crippen MR) is 53.7 cm³/mol. The van der Waals surface area contributed by atoms with Gasteiger partial charge in [-0.3, -0.25) is 0 Å². The van der Waals surface area contributed by atoms with Gasteiger partial charge in [-0.15, -0.1) is 0 Å². The lowest BCUT2D eigenvalue weighted by atomic mass is 10.0. The minimum Gasteiger partial charge on any atom is -0.466 e. The summed E-state index contributed by atoms with van der Waals surface area (Å²) in [7, 11) is 0. The summed E-state index contributed by atoms with van der Waals surface area (Å²) < 4.78 is 5.66. The minimum atomic E-state index is 0.679. The van der Waals surface area contributed by atoms with E-state index in [1.165, 1.54) is 18.6 Å². The van der Waals surface area contributed by atoms with E-state index in [9.17, 15) is 0 Å². The smallest absolute Gasteiger partial charge is 0.107 e. The Kier molecular flexibility index (Phi) is 2.19. The molecule has 0 N–H and O–H groups in total. The quantitative estimate of drug-likeness (QED) is 0.638. The summed E-state index contributed by atoms with van der Waals surface area (Å²) in [5, 5.41) is 0. The van der Waals surface area contributed by atoms with Gasteiger partial charge in [0.15, 0.2) is 0 Å². The fourth-order valence-corrected chi connectivity index (χ4v) is 2.36. The maximum atomic E-state index is 5.66. The van der Waals surface area contributed by atoms with Crippen LogP contribution in [0.3, 0.4) is 0 Å². The third-order valence-electron chi connectivity index (χ3n) is 3.45. The van der Waals surface area contributed by atoms with Gasteiger partial charge in [-0.25, -0.2) is 0 Å². The van der Waals surface area contributed by atoms with E-state index < -0.39 is 0 Å². The average Bonchev–Trinajstić information content (AvgIpc) is 2.61. The predicted octanol–water partition coefficient (Wildman–Crippen LogP) is 3.74. The van der Waals surface area contributed by atoms with E-state index in [2.05, 4.69) is 26.0 Å². The number of aryl methyl sites for hydroxylation is 1. The molecule has 0 aromatic carbocycles. The van der Waals surface area contributed by atoms with E-state index in [0.717, 1.165) is 17.6 Å². The number of rotatable bonds is 1. The Balaban J connectivity index is 2.11. The van der Waals surface area contributed by atoms with Crippen LogP contribution in [0, 0.1) is 18.8 Å². The van der Waals surface area contributed by atoms with Gasteiger partial charge in [0, 0.05) is 5.92 Å². The molecule has 0 spiro atoms. The van der Waals surface area contributed by atoms with Gasteiger partial charge in [0.2, 0.25) is 0 Å². The standard InChI is InChI=1S/C12H18O/c1-8-6-11(7-9(8)2)12-5-4-10(3)13-12/h4-5,8-9,11H,6-7H2,1-3H3/t8-,9+,11?. The van der Waals surface area contributed by atoms with Crippen LogP contribution in [-0.4, -0.2) is 0 Å². The average molecular weight is 178 g/mol. The zero-order chi connectivity index (χ0) is 9.42. The highest BCUT2D eigenvalue weighted by atomic mass is 16.3. The van der Waals surface area contributed by atoms with Gasteiger partial charge in [0.05, 0.1) is 0 Å². The Bertz CT molecular complexity index is 277. The van der Waals surface area contributed by atoms with Gasteiger partial charge in [-0.1, -0.05) is 13.8 Å². The second-order valence-electron chi connectivity index (χ2n) is 4.57. The Morgan fingerprint density at radius 2 is 1.77 bits per heavy atom. The topological polar surface area (TPSA) is 13.1 Å². The zero-order valence-electron chi connectivity index (χ0n) is 8.71. The van der Waals surface area contributed by atoms with Crippen molar-refractivity contribution >= 4 is 0 Å². The van der Waals surface area contributed by atoms with E-state index in [-0.39, 0.29) is 0 Å². The molecule has 72 valence electrons. The third kappa shape index (κ3) is 1.65. The minimum absolute atomic E-state index is 0.679. The lowest BCUT2D eigenvalue weighted by molar-refractivity contribution is 0.439. The molecule has 0 aliphatic heterocycles. The summed E-state index contributed by atoms with van der Waals surface area (Å²) in [5.41, 5.74) is 0. The van der Waals surface area contributed by atoms with Crippen molar-refractivity contribution < 1.29 is 4.42 Å². The lowest BCUT2D eigenvalue weighted by Crippen LogP contribution is -1.95. The van der Waals surface area contributed by atoms with E-state index in [0.29, 0.717) is 5.92 Å². The first kappa shape index (κ1) is 8.86. The zero-order valence-corrected chi connectivity index (χ0v) is 8.71. The molecular weight excluding hydrogens is 160 g/mol. The monoisotopic (exact) mass is 178 g/mol. The highest BCUT2D eigenvalue weighted by Crippen LogP contribution is 2.42. The van der Waals surface area contributed by atoms with Crippen molar-refractivity contribution in [3.8, 4) is 0 Å².